The Bertz CT molecular complexity index is 612. The summed E-state index contributed by atoms with van der Waals surface area (Å²) in [6, 6.07) is 4.45. The number of likely N-dealkylation sites (tertiary alicyclic amines) is 1. The van der Waals surface area contributed by atoms with Crippen LogP contribution in [0.5, 0.6) is 5.75 Å². The first-order valence-electron chi connectivity index (χ1n) is 7.58. The molecule has 1 saturated heterocycles. The Labute approximate surface area is 124 Å². The second-order valence-electron chi connectivity index (χ2n) is 6.13. The van der Waals surface area contributed by atoms with Gasteiger partial charge in [0.2, 0.25) is 0 Å². The zero-order chi connectivity index (χ0) is 14.2. The van der Waals surface area contributed by atoms with Crippen molar-refractivity contribution in [2.24, 2.45) is 13.0 Å². The Morgan fingerprint density at radius 2 is 2.29 bits per heavy atom. The molecular formula is C16H20N4O. The molecule has 0 N–H and O–H groups in total. The Kier molecular flexibility index (Phi) is 3.15. The van der Waals surface area contributed by atoms with Gasteiger partial charge in [-0.05, 0) is 25.0 Å². The number of aromatic nitrogens is 3. The minimum Gasteiger partial charge on any atom is -0.487 e. The highest BCUT2D eigenvalue weighted by Crippen LogP contribution is 2.40. The van der Waals surface area contributed by atoms with Crippen LogP contribution in [0.1, 0.15) is 18.4 Å². The lowest BCUT2D eigenvalue weighted by Gasteiger charge is -2.26. The van der Waals surface area contributed by atoms with Gasteiger partial charge in [-0.2, -0.15) is 5.10 Å². The van der Waals surface area contributed by atoms with Crippen molar-refractivity contribution in [2.45, 2.75) is 31.5 Å². The second-order valence-corrected chi connectivity index (χ2v) is 6.13. The van der Waals surface area contributed by atoms with E-state index in [0.717, 1.165) is 18.8 Å². The lowest BCUT2D eigenvalue weighted by Crippen LogP contribution is -2.35. The smallest absolute Gasteiger partial charge is 0.138 e. The lowest BCUT2D eigenvalue weighted by molar-refractivity contribution is 0.141. The highest BCUT2D eigenvalue weighted by molar-refractivity contribution is 5.18. The third-order valence-electron chi connectivity index (χ3n) is 4.67. The van der Waals surface area contributed by atoms with Crippen LogP contribution in [0.4, 0.5) is 0 Å². The zero-order valence-corrected chi connectivity index (χ0v) is 12.2. The first kappa shape index (κ1) is 12.8. The number of aryl methyl sites for hydroxylation is 1. The second kappa shape index (κ2) is 5.15. The summed E-state index contributed by atoms with van der Waals surface area (Å²) in [5.41, 5.74) is 1.28. The molecule has 0 spiro atoms. The van der Waals surface area contributed by atoms with Crippen LogP contribution >= 0.6 is 0 Å². The molecule has 1 aliphatic carbocycles. The van der Waals surface area contributed by atoms with Gasteiger partial charge >= 0.3 is 0 Å². The van der Waals surface area contributed by atoms with E-state index in [2.05, 4.69) is 21.2 Å². The molecule has 0 radical (unpaired) electrons. The molecule has 2 aromatic heterocycles. The van der Waals surface area contributed by atoms with E-state index in [0.29, 0.717) is 18.1 Å². The van der Waals surface area contributed by atoms with Gasteiger partial charge in [-0.25, -0.2) is 0 Å². The van der Waals surface area contributed by atoms with Gasteiger partial charge in [0, 0.05) is 50.1 Å². The van der Waals surface area contributed by atoms with Gasteiger partial charge in [0.1, 0.15) is 11.9 Å². The largest absolute Gasteiger partial charge is 0.487 e. The van der Waals surface area contributed by atoms with Gasteiger partial charge in [0.25, 0.3) is 0 Å². The van der Waals surface area contributed by atoms with Crippen LogP contribution in [0.25, 0.3) is 0 Å². The third-order valence-corrected chi connectivity index (χ3v) is 4.67. The fourth-order valence-electron chi connectivity index (χ4n) is 3.77. The fraction of sp³-hybridized carbons (Fsp3) is 0.500. The van der Waals surface area contributed by atoms with Crippen LogP contribution < -0.4 is 4.74 Å². The summed E-state index contributed by atoms with van der Waals surface area (Å²) >= 11 is 0. The fourth-order valence-corrected chi connectivity index (χ4v) is 3.77. The maximum atomic E-state index is 6.21. The van der Waals surface area contributed by atoms with Gasteiger partial charge in [-0.15, -0.1) is 0 Å². The highest BCUT2D eigenvalue weighted by Gasteiger charge is 2.48. The maximum Gasteiger partial charge on any atom is 0.138 e. The summed E-state index contributed by atoms with van der Waals surface area (Å²) < 4.78 is 8.08. The van der Waals surface area contributed by atoms with Crippen molar-refractivity contribution in [1.82, 2.24) is 19.7 Å². The SMILES string of the molecule is Cn1cc(CN2CC3CCC2C3Oc2cccnc2)cn1. The highest BCUT2D eigenvalue weighted by atomic mass is 16.5. The number of hydrogen-bond donors (Lipinski definition) is 0. The Morgan fingerprint density at radius 3 is 3.05 bits per heavy atom. The zero-order valence-electron chi connectivity index (χ0n) is 12.2. The Morgan fingerprint density at radius 1 is 1.33 bits per heavy atom. The number of fused-ring (bicyclic) bond motifs is 2. The number of nitrogens with zero attached hydrogens (tertiary/aromatic N) is 4. The normalized spacial score (nSPS) is 28.1. The molecule has 2 aliphatic rings. The van der Waals surface area contributed by atoms with Gasteiger partial charge in [0.05, 0.1) is 12.4 Å². The molecule has 3 heterocycles. The molecule has 21 heavy (non-hydrogen) atoms. The van der Waals surface area contributed by atoms with E-state index in [-0.39, 0.29) is 0 Å². The molecule has 3 atom stereocenters. The van der Waals surface area contributed by atoms with Crippen molar-refractivity contribution in [3.05, 3.63) is 42.5 Å². The molecule has 2 fully saturated rings. The number of ether oxygens (including phenoxy) is 1. The monoisotopic (exact) mass is 284 g/mol. The van der Waals surface area contributed by atoms with Gasteiger partial charge < -0.3 is 4.74 Å². The Balaban J connectivity index is 1.46. The van der Waals surface area contributed by atoms with Crippen molar-refractivity contribution in [3.63, 3.8) is 0 Å². The first-order valence-corrected chi connectivity index (χ1v) is 7.58. The number of hydrogen-bond acceptors (Lipinski definition) is 4. The summed E-state index contributed by atoms with van der Waals surface area (Å²) in [6.45, 7) is 2.10. The van der Waals surface area contributed by atoms with Crippen LogP contribution in [-0.4, -0.2) is 38.4 Å². The summed E-state index contributed by atoms with van der Waals surface area (Å²) in [5.74, 6) is 1.54. The van der Waals surface area contributed by atoms with Crippen molar-refractivity contribution >= 4 is 0 Å². The van der Waals surface area contributed by atoms with Crippen molar-refractivity contribution in [1.29, 1.82) is 0 Å². The third kappa shape index (κ3) is 2.42. The summed E-state index contributed by atoms with van der Waals surface area (Å²) in [5, 5.41) is 4.26. The topological polar surface area (TPSA) is 43.2 Å². The quantitative estimate of drug-likeness (QED) is 0.859. The van der Waals surface area contributed by atoms with Crippen molar-refractivity contribution in [2.75, 3.05) is 6.54 Å². The van der Waals surface area contributed by atoms with E-state index >= 15 is 0 Å². The number of rotatable bonds is 4. The van der Waals surface area contributed by atoms with Crippen LogP contribution in [0.15, 0.2) is 36.9 Å². The minimum absolute atomic E-state index is 0.311. The predicted octanol–water partition coefficient (Wildman–Crippen LogP) is 1.86. The first-order chi connectivity index (χ1) is 10.3. The maximum absolute atomic E-state index is 6.21. The lowest BCUT2D eigenvalue weighted by atomic mass is 10.1. The molecule has 5 heteroatoms. The van der Waals surface area contributed by atoms with Crippen LogP contribution in [0, 0.1) is 5.92 Å². The summed E-state index contributed by atoms with van der Waals surface area (Å²) in [7, 11) is 1.97. The molecule has 2 bridgehead atoms. The van der Waals surface area contributed by atoms with E-state index in [9.17, 15) is 0 Å². The predicted molar refractivity (Wildman–Crippen MR) is 78.8 cm³/mol. The minimum atomic E-state index is 0.311. The Hall–Kier alpha value is -1.88. The number of pyridine rings is 1. The van der Waals surface area contributed by atoms with Crippen LogP contribution in [0.2, 0.25) is 0 Å². The van der Waals surface area contributed by atoms with E-state index in [1.54, 1.807) is 6.20 Å². The molecule has 110 valence electrons. The van der Waals surface area contributed by atoms with E-state index in [1.165, 1.54) is 18.4 Å². The van der Waals surface area contributed by atoms with Gasteiger partial charge in [0.15, 0.2) is 0 Å². The van der Waals surface area contributed by atoms with Crippen LogP contribution in [0.3, 0.4) is 0 Å². The molecule has 0 amide bonds. The van der Waals surface area contributed by atoms with E-state index in [4.69, 9.17) is 4.74 Å². The molecule has 5 nitrogen and oxygen atoms in total. The van der Waals surface area contributed by atoms with Crippen molar-refractivity contribution < 1.29 is 4.74 Å². The average molecular weight is 284 g/mol. The molecule has 1 aliphatic heterocycles. The average Bonchev–Trinajstić information content (AvgIpc) is 3.16. The molecule has 4 rings (SSSR count). The van der Waals surface area contributed by atoms with Gasteiger partial charge in [-0.1, -0.05) is 0 Å². The molecule has 3 unspecified atom stereocenters. The molecule has 2 aromatic rings. The van der Waals surface area contributed by atoms with Gasteiger partial charge in [-0.3, -0.25) is 14.6 Å². The molecule has 1 saturated carbocycles. The molecular weight excluding hydrogens is 264 g/mol. The van der Waals surface area contributed by atoms with Crippen molar-refractivity contribution in [3.8, 4) is 5.75 Å². The standard InChI is InChI=1S/C16H20N4O/c1-19-9-12(7-18-19)10-20-11-13-4-5-15(20)16(13)21-14-3-2-6-17-8-14/h2-3,6-9,13,15-16H,4-5,10-11H2,1H3. The van der Waals surface area contributed by atoms with E-state index in [1.807, 2.05) is 36.3 Å². The summed E-state index contributed by atoms with van der Waals surface area (Å²) in [4.78, 5) is 6.68. The van der Waals surface area contributed by atoms with Crippen LogP contribution in [-0.2, 0) is 13.6 Å². The molecule has 0 aromatic carbocycles. The summed E-state index contributed by atoms with van der Waals surface area (Å²) in [6.07, 6.45) is 10.5. The number of piperidine rings is 1. The van der Waals surface area contributed by atoms with E-state index < -0.39 is 0 Å².